The maximum Gasteiger partial charge on any atom is 0.181 e. The molecule has 0 aliphatic heterocycles. The van der Waals surface area contributed by atoms with Gasteiger partial charge >= 0.3 is 0 Å². The summed E-state index contributed by atoms with van der Waals surface area (Å²) in [5, 5.41) is 0. The van der Waals surface area contributed by atoms with Crippen LogP contribution in [0.15, 0.2) is 12.7 Å². The Bertz CT molecular complexity index is 464. The van der Waals surface area contributed by atoms with E-state index in [1.165, 1.54) is 0 Å². The zero-order chi connectivity index (χ0) is 10.3. The summed E-state index contributed by atoms with van der Waals surface area (Å²) in [7, 11) is 1.97. The van der Waals surface area contributed by atoms with Crippen LogP contribution in [-0.4, -0.2) is 19.5 Å². The molecule has 0 spiro atoms. The van der Waals surface area contributed by atoms with E-state index in [0.29, 0.717) is 0 Å². The van der Waals surface area contributed by atoms with Gasteiger partial charge in [-0.05, 0) is 0 Å². The average Bonchev–Trinajstić information content (AvgIpc) is 2.46. The highest BCUT2D eigenvalue weighted by Crippen LogP contribution is 2.25. The monoisotopic (exact) mass is 190 g/mol. The van der Waals surface area contributed by atoms with E-state index in [4.69, 9.17) is 0 Å². The summed E-state index contributed by atoms with van der Waals surface area (Å²) in [6, 6.07) is 0. The Hall–Kier alpha value is -1.45. The molecule has 2 heterocycles. The molecule has 2 aromatic heterocycles. The second kappa shape index (κ2) is 2.77. The Balaban J connectivity index is 2.82. The quantitative estimate of drug-likeness (QED) is 0.634. The Morgan fingerprint density at radius 2 is 1.86 bits per heavy atom. The average molecular weight is 190 g/mol. The first kappa shape index (κ1) is 9.12. The summed E-state index contributed by atoms with van der Waals surface area (Å²) in [5.74, 6) is 0. The number of hydrogen-bond donors (Lipinski definition) is 0. The predicted molar refractivity (Wildman–Crippen MR) is 55.0 cm³/mol. The molecule has 0 radical (unpaired) electrons. The Morgan fingerprint density at radius 3 is 2.50 bits per heavy atom. The summed E-state index contributed by atoms with van der Waals surface area (Å²) in [6.45, 7) is 6.42. The molecular weight excluding hydrogens is 176 g/mol. The Morgan fingerprint density at radius 1 is 1.14 bits per heavy atom. The number of aryl methyl sites for hydroxylation is 1. The van der Waals surface area contributed by atoms with E-state index in [1.54, 1.807) is 12.7 Å². The van der Waals surface area contributed by atoms with Crippen molar-refractivity contribution in [3.8, 4) is 0 Å². The van der Waals surface area contributed by atoms with Crippen molar-refractivity contribution in [3.05, 3.63) is 18.3 Å². The molecule has 2 aromatic rings. The Labute approximate surface area is 83.0 Å². The van der Waals surface area contributed by atoms with E-state index < -0.39 is 0 Å². The molecule has 0 amide bonds. The highest BCUT2D eigenvalue weighted by atomic mass is 15.1. The van der Waals surface area contributed by atoms with Crippen LogP contribution in [0.2, 0.25) is 0 Å². The number of fused-ring (bicyclic) bond motifs is 1. The Kier molecular flexibility index (Phi) is 1.80. The fourth-order valence-electron chi connectivity index (χ4n) is 1.54. The molecular formula is C10H14N4. The first-order valence-electron chi connectivity index (χ1n) is 4.62. The molecule has 2 rings (SSSR count). The van der Waals surface area contributed by atoms with E-state index in [9.17, 15) is 0 Å². The normalized spacial score (nSPS) is 12.3. The minimum atomic E-state index is 0.0228. The van der Waals surface area contributed by atoms with Gasteiger partial charge in [0.2, 0.25) is 0 Å². The van der Waals surface area contributed by atoms with Crippen LogP contribution < -0.4 is 0 Å². The molecule has 74 valence electrons. The lowest BCUT2D eigenvalue weighted by Gasteiger charge is -2.18. The van der Waals surface area contributed by atoms with Crippen LogP contribution in [0, 0.1) is 0 Å². The third kappa shape index (κ3) is 1.27. The molecule has 0 bridgehead atoms. The third-order valence-corrected chi connectivity index (χ3v) is 2.22. The zero-order valence-corrected chi connectivity index (χ0v) is 8.94. The van der Waals surface area contributed by atoms with Crippen molar-refractivity contribution in [1.82, 2.24) is 19.5 Å². The smallest absolute Gasteiger partial charge is 0.181 e. The molecule has 0 fully saturated rings. The largest absolute Gasteiger partial charge is 0.331 e. The van der Waals surface area contributed by atoms with Crippen LogP contribution >= 0.6 is 0 Å². The fraction of sp³-hybridized carbons (Fsp3) is 0.500. The number of aromatic nitrogens is 4. The molecule has 0 atom stereocenters. The highest BCUT2D eigenvalue weighted by Gasteiger charge is 2.20. The van der Waals surface area contributed by atoms with Gasteiger partial charge in [-0.1, -0.05) is 20.8 Å². The van der Waals surface area contributed by atoms with Gasteiger partial charge in [0.25, 0.3) is 0 Å². The second-order valence-corrected chi connectivity index (χ2v) is 4.50. The van der Waals surface area contributed by atoms with Crippen molar-refractivity contribution in [1.29, 1.82) is 0 Å². The van der Waals surface area contributed by atoms with Gasteiger partial charge in [-0.15, -0.1) is 0 Å². The summed E-state index contributed by atoms with van der Waals surface area (Å²) in [4.78, 5) is 12.7. The van der Waals surface area contributed by atoms with E-state index in [-0.39, 0.29) is 5.41 Å². The number of rotatable bonds is 0. The van der Waals surface area contributed by atoms with E-state index in [0.717, 1.165) is 16.9 Å². The zero-order valence-electron chi connectivity index (χ0n) is 8.94. The molecule has 0 aliphatic carbocycles. The van der Waals surface area contributed by atoms with E-state index in [2.05, 4.69) is 35.7 Å². The first-order valence-corrected chi connectivity index (χ1v) is 4.62. The van der Waals surface area contributed by atoms with Gasteiger partial charge in [-0.3, -0.25) is 0 Å². The van der Waals surface area contributed by atoms with Gasteiger partial charge in [0, 0.05) is 12.5 Å². The maximum atomic E-state index is 4.34. The number of nitrogens with zero attached hydrogens (tertiary/aromatic N) is 4. The van der Waals surface area contributed by atoms with Gasteiger partial charge in [0.05, 0.1) is 12.0 Å². The molecule has 0 unspecified atom stereocenters. The molecule has 0 saturated heterocycles. The standard InChI is InChI=1S/C10H14N4/c1-10(2,3)8-7-9(12-5-11-8)13-6-14(7)4/h5-6H,1-4H3. The van der Waals surface area contributed by atoms with E-state index in [1.807, 2.05) is 11.6 Å². The topological polar surface area (TPSA) is 43.6 Å². The number of hydrogen-bond acceptors (Lipinski definition) is 3. The van der Waals surface area contributed by atoms with Crippen molar-refractivity contribution in [3.63, 3.8) is 0 Å². The molecule has 0 aliphatic rings. The first-order chi connectivity index (χ1) is 6.50. The van der Waals surface area contributed by atoms with Crippen LogP contribution in [0.5, 0.6) is 0 Å². The van der Waals surface area contributed by atoms with Crippen LogP contribution in [0.1, 0.15) is 26.5 Å². The fourth-order valence-corrected chi connectivity index (χ4v) is 1.54. The number of imidazole rings is 1. The third-order valence-electron chi connectivity index (χ3n) is 2.22. The van der Waals surface area contributed by atoms with Crippen molar-refractivity contribution < 1.29 is 0 Å². The van der Waals surface area contributed by atoms with Gasteiger partial charge in [0.15, 0.2) is 5.65 Å². The maximum absolute atomic E-state index is 4.34. The van der Waals surface area contributed by atoms with Gasteiger partial charge in [-0.25, -0.2) is 15.0 Å². The van der Waals surface area contributed by atoms with Crippen molar-refractivity contribution in [2.24, 2.45) is 7.05 Å². The molecule has 4 heteroatoms. The van der Waals surface area contributed by atoms with Crippen molar-refractivity contribution in [2.45, 2.75) is 26.2 Å². The lowest BCUT2D eigenvalue weighted by atomic mass is 9.91. The minimum absolute atomic E-state index is 0.0228. The summed E-state index contributed by atoms with van der Waals surface area (Å²) in [6.07, 6.45) is 3.35. The summed E-state index contributed by atoms with van der Waals surface area (Å²) in [5.41, 5.74) is 2.87. The van der Waals surface area contributed by atoms with Crippen LogP contribution in [0.3, 0.4) is 0 Å². The van der Waals surface area contributed by atoms with Crippen LogP contribution in [0.4, 0.5) is 0 Å². The van der Waals surface area contributed by atoms with Gasteiger partial charge in [0.1, 0.15) is 11.8 Å². The van der Waals surface area contributed by atoms with Crippen molar-refractivity contribution in [2.75, 3.05) is 0 Å². The van der Waals surface area contributed by atoms with Crippen LogP contribution in [-0.2, 0) is 12.5 Å². The summed E-state index contributed by atoms with van der Waals surface area (Å²) >= 11 is 0. The highest BCUT2D eigenvalue weighted by molar-refractivity contribution is 5.74. The minimum Gasteiger partial charge on any atom is -0.331 e. The predicted octanol–water partition coefficient (Wildman–Crippen LogP) is 1.66. The van der Waals surface area contributed by atoms with Crippen molar-refractivity contribution >= 4 is 11.2 Å². The molecule has 4 nitrogen and oxygen atoms in total. The lowest BCUT2D eigenvalue weighted by molar-refractivity contribution is 0.570. The summed E-state index contributed by atoms with van der Waals surface area (Å²) < 4.78 is 1.97. The van der Waals surface area contributed by atoms with Crippen LogP contribution in [0.25, 0.3) is 11.2 Å². The SMILES string of the molecule is Cn1cnc2ncnc(C(C)(C)C)c21. The van der Waals surface area contributed by atoms with E-state index >= 15 is 0 Å². The van der Waals surface area contributed by atoms with Gasteiger partial charge < -0.3 is 4.57 Å². The second-order valence-electron chi connectivity index (χ2n) is 4.50. The molecule has 0 N–H and O–H groups in total. The lowest BCUT2D eigenvalue weighted by Crippen LogP contribution is -2.15. The van der Waals surface area contributed by atoms with Gasteiger partial charge in [-0.2, -0.15) is 0 Å². The molecule has 0 aromatic carbocycles. The molecule has 0 saturated carbocycles. The molecule has 14 heavy (non-hydrogen) atoms.